The largest absolute Gasteiger partial charge is 0.462 e. The van der Waals surface area contributed by atoms with Crippen molar-refractivity contribution in [1.29, 1.82) is 5.26 Å². The number of hydrogen-bond donors (Lipinski definition) is 1. The number of carbonyl (C=O) groups is 1. The fourth-order valence-corrected chi connectivity index (χ4v) is 6.14. The van der Waals surface area contributed by atoms with Crippen LogP contribution in [0.3, 0.4) is 0 Å². The monoisotopic (exact) mass is 524 g/mol. The number of amides is 1. The van der Waals surface area contributed by atoms with Gasteiger partial charge in [0.25, 0.3) is 0 Å². The molecule has 1 atom stereocenters. The first-order valence-corrected chi connectivity index (χ1v) is 13.4. The highest BCUT2D eigenvalue weighted by Gasteiger charge is 2.49. The Labute approximate surface area is 227 Å². The van der Waals surface area contributed by atoms with Crippen molar-refractivity contribution in [3.05, 3.63) is 54.9 Å². The summed E-state index contributed by atoms with van der Waals surface area (Å²) in [6.45, 7) is 8.00. The number of likely N-dealkylation sites (N-methyl/N-ethyl adjacent to an activating group) is 1. The third-order valence-electron chi connectivity index (χ3n) is 8.33. The Balaban J connectivity index is 1.38. The van der Waals surface area contributed by atoms with E-state index in [4.69, 9.17) is 14.7 Å². The van der Waals surface area contributed by atoms with E-state index in [2.05, 4.69) is 39.7 Å². The summed E-state index contributed by atoms with van der Waals surface area (Å²) < 4.78 is 6.23. The molecule has 1 N–H and O–H groups in total. The summed E-state index contributed by atoms with van der Waals surface area (Å²) in [4.78, 5) is 28.0. The number of nitrogens with zero attached hydrogens (tertiary/aromatic N) is 7. The molecule has 5 heterocycles. The topological polar surface area (TPSA) is 114 Å². The molecule has 0 bridgehead atoms. The van der Waals surface area contributed by atoms with Crippen molar-refractivity contribution in [2.24, 2.45) is 5.41 Å². The molecule has 10 nitrogen and oxygen atoms in total. The van der Waals surface area contributed by atoms with Gasteiger partial charge in [0.1, 0.15) is 18.2 Å². The van der Waals surface area contributed by atoms with Crippen molar-refractivity contribution in [1.82, 2.24) is 30.0 Å². The van der Waals surface area contributed by atoms with Gasteiger partial charge in [0.15, 0.2) is 5.82 Å². The highest BCUT2D eigenvalue weighted by Crippen LogP contribution is 2.43. The average molecular weight is 525 g/mol. The van der Waals surface area contributed by atoms with Gasteiger partial charge in [0.2, 0.25) is 5.91 Å². The Kier molecular flexibility index (Phi) is 6.53. The number of aromatic nitrogens is 4. The Morgan fingerprint density at radius 2 is 2.08 bits per heavy atom. The van der Waals surface area contributed by atoms with Gasteiger partial charge in [-0.3, -0.25) is 9.89 Å². The van der Waals surface area contributed by atoms with E-state index in [9.17, 15) is 10.1 Å². The molecule has 3 saturated heterocycles. The molecule has 1 spiro atoms. The molecular formula is C29H32N8O2. The molecule has 39 heavy (non-hydrogen) atoms. The number of hydrogen-bond acceptors (Lipinski definition) is 8. The normalized spacial score (nSPS) is 20.2. The lowest BCUT2D eigenvalue weighted by Crippen LogP contribution is -2.59. The van der Waals surface area contributed by atoms with Crippen molar-refractivity contribution < 1.29 is 9.53 Å². The lowest BCUT2D eigenvalue weighted by atomic mass is 9.79. The Hall–Kier alpha value is -4.23. The maximum atomic E-state index is 12.1. The number of nitriles is 1. The second-order valence-corrected chi connectivity index (χ2v) is 10.9. The molecule has 3 aliphatic rings. The number of rotatable bonds is 7. The van der Waals surface area contributed by atoms with Gasteiger partial charge in [-0.05, 0) is 44.5 Å². The molecule has 1 unspecified atom stereocenters. The lowest BCUT2D eigenvalue weighted by molar-refractivity contribution is -0.136. The van der Waals surface area contributed by atoms with E-state index in [0.29, 0.717) is 49.4 Å². The zero-order valence-electron chi connectivity index (χ0n) is 22.1. The first-order chi connectivity index (χ1) is 19.0. The van der Waals surface area contributed by atoms with Crippen molar-refractivity contribution in [2.45, 2.75) is 25.3 Å². The maximum Gasteiger partial charge on any atom is 0.319 e. The molecule has 10 heteroatoms. The van der Waals surface area contributed by atoms with Gasteiger partial charge in [0, 0.05) is 55.0 Å². The van der Waals surface area contributed by atoms with Gasteiger partial charge in [-0.15, -0.1) is 0 Å². The first-order valence-electron chi connectivity index (χ1n) is 13.4. The number of likely N-dealkylation sites (tertiary alicyclic amines) is 2. The van der Waals surface area contributed by atoms with Gasteiger partial charge in [0.05, 0.1) is 11.9 Å². The number of ether oxygens (including phenoxy) is 1. The van der Waals surface area contributed by atoms with E-state index in [-0.39, 0.29) is 17.3 Å². The van der Waals surface area contributed by atoms with Crippen LogP contribution in [0.4, 0.5) is 5.82 Å². The van der Waals surface area contributed by atoms with E-state index in [0.717, 1.165) is 49.0 Å². The fourth-order valence-electron chi connectivity index (χ4n) is 6.14. The molecule has 3 aliphatic heterocycles. The van der Waals surface area contributed by atoms with Crippen LogP contribution in [-0.2, 0) is 4.79 Å². The second kappa shape index (κ2) is 10.2. The minimum atomic E-state index is -0.0375. The van der Waals surface area contributed by atoms with Crippen LogP contribution in [-0.4, -0.2) is 88.3 Å². The van der Waals surface area contributed by atoms with Crippen LogP contribution < -0.4 is 9.64 Å². The first kappa shape index (κ1) is 25.1. The van der Waals surface area contributed by atoms with Crippen molar-refractivity contribution in [2.75, 3.05) is 51.3 Å². The number of aromatic amines is 1. The van der Waals surface area contributed by atoms with Gasteiger partial charge in [-0.1, -0.05) is 30.8 Å². The zero-order chi connectivity index (χ0) is 27.0. The molecular weight excluding hydrogens is 492 g/mol. The van der Waals surface area contributed by atoms with Crippen LogP contribution in [0.1, 0.15) is 24.8 Å². The smallest absolute Gasteiger partial charge is 0.319 e. The maximum absolute atomic E-state index is 12.1. The van der Waals surface area contributed by atoms with E-state index < -0.39 is 0 Å². The number of anilines is 1. The number of H-pyrrole nitrogens is 1. The van der Waals surface area contributed by atoms with Crippen LogP contribution in [0.15, 0.2) is 49.3 Å². The predicted octanol–water partition coefficient (Wildman–Crippen LogP) is 3.10. The van der Waals surface area contributed by atoms with Crippen molar-refractivity contribution in [3.63, 3.8) is 0 Å². The van der Waals surface area contributed by atoms with E-state index in [1.807, 2.05) is 35.4 Å². The van der Waals surface area contributed by atoms with Crippen LogP contribution >= 0.6 is 0 Å². The minimum absolute atomic E-state index is 0.00120. The minimum Gasteiger partial charge on any atom is -0.462 e. The van der Waals surface area contributed by atoms with Gasteiger partial charge in [-0.2, -0.15) is 20.3 Å². The van der Waals surface area contributed by atoms with Gasteiger partial charge < -0.3 is 19.4 Å². The van der Waals surface area contributed by atoms with Crippen LogP contribution in [0, 0.1) is 16.7 Å². The van der Waals surface area contributed by atoms with E-state index in [1.54, 1.807) is 6.20 Å². The van der Waals surface area contributed by atoms with Gasteiger partial charge >= 0.3 is 6.01 Å². The fraction of sp³-hybridized carbons (Fsp3) is 0.414. The summed E-state index contributed by atoms with van der Waals surface area (Å²) in [6.07, 6.45) is 8.10. The molecule has 0 aliphatic carbocycles. The lowest BCUT2D eigenvalue weighted by Gasteiger charge is -2.47. The van der Waals surface area contributed by atoms with Crippen LogP contribution in [0.25, 0.3) is 22.4 Å². The number of benzene rings is 1. The Bertz CT molecular complexity index is 1420. The average Bonchev–Trinajstić information content (AvgIpc) is 3.71. The van der Waals surface area contributed by atoms with Crippen LogP contribution in [0.5, 0.6) is 6.01 Å². The zero-order valence-corrected chi connectivity index (χ0v) is 22.1. The summed E-state index contributed by atoms with van der Waals surface area (Å²) in [5.41, 5.74) is 3.62. The molecule has 1 amide bonds. The summed E-state index contributed by atoms with van der Waals surface area (Å²) in [5.74, 6) is 0.550. The molecule has 2 aromatic heterocycles. The molecule has 6 rings (SSSR count). The molecule has 3 aromatic rings. The summed E-state index contributed by atoms with van der Waals surface area (Å²) >= 11 is 0. The van der Waals surface area contributed by atoms with E-state index >= 15 is 0 Å². The Morgan fingerprint density at radius 3 is 2.77 bits per heavy atom. The second-order valence-electron chi connectivity index (χ2n) is 10.9. The summed E-state index contributed by atoms with van der Waals surface area (Å²) in [7, 11) is 2.11. The highest BCUT2D eigenvalue weighted by atomic mass is 16.5. The molecule has 3 fully saturated rings. The Morgan fingerprint density at radius 1 is 1.26 bits per heavy atom. The third-order valence-corrected chi connectivity index (χ3v) is 8.33. The van der Waals surface area contributed by atoms with Crippen LogP contribution in [0.2, 0.25) is 0 Å². The quantitative estimate of drug-likeness (QED) is 0.469. The summed E-state index contributed by atoms with van der Waals surface area (Å²) in [5, 5.41) is 17.4. The highest BCUT2D eigenvalue weighted by molar-refractivity contribution is 5.88. The molecule has 1 aromatic carbocycles. The number of nitrogens with one attached hydrogen (secondary N) is 1. The third kappa shape index (κ3) is 4.63. The molecule has 0 radical (unpaired) electrons. The summed E-state index contributed by atoms with van der Waals surface area (Å²) in [6, 6.07) is 10.9. The van der Waals surface area contributed by atoms with Gasteiger partial charge in [-0.25, -0.2) is 0 Å². The van der Waals surface area contributed by atoms with E-state index in [1.165, 1.54) is 6.08 Å². The standard InChI is InChI=1S/C29H32N8O2/c1-3-25(38)37-18-29(19-37)10-12-36(17-29)27-24(13-30)26(23-9-5-4-8-22(23)20-14-31-32-15-20)33-28(34-27)39-16-21-7-6-11-35(21)2/h3-5,8-9,14-15,21H,1,6-7,10-12,16-19H2,2H3,(H,31,32). The molecule has 200 valence electrons. The molecule has 0 saturated carbocycles. The number of carbonyl (C=O) groups excluding carboxylic acids is 1. The van der Waals surface area contributed by atoms with Crippen molar-refractivity contribution >= 4 is 11.7 Å². The predicted molar refractivity (Wildman–Crippen MR) is 147 cm³/mol. The SMILES string of the molecule is C=CC(=O)N1CC2(CCN(c3nc(OCC4CCCN4C)nc(-c4ccccc4-c4cn[nH]c4)c3C#N)C2)C1. The van der Waals surface area contributed by atoms with Crippen molar-refractivity contribution in [3.8, 4) is 34.5 Å².